The molecule has 0 bridgehead atoms. The lowest BCUT2D eigenvalue weighted by Gasteiger charge is -2.25. The number of thiazole rings is 1. The summed E-state index contributed by atoms with van der Waals surface area (Å²) in [7, 11) is 3.11. The normalized spacial score (nSPS) is 15.0. The second-order valence-electron chi connectivity index (χ2n) is 9.55. The van der Waals surface area contributed by atoms with Gasteiger partial charge >= 0.3 is 5.97 Å². The van der Waals surface area contributed by atoms with Crippen LogP contribution in [0.15, 0.2) is 69.6 Å². The van der Waals surface area contributed by atoms with Gasteiger partial charge in [-0.25, -0.2) is 9.79 Å². The summed E-state index contributed by atoms with van der Waals surface area (Å²) in [6.45, 7) is 7.82. The molecular formula is C31H30IN3O5S. The SMILES string of the molecule is CCOC(=O)C1=C(C)N=c2sc(=Cc3cc(C)n(-c4ccc(I)cc4)c3C)c(=O)n2C1c1ccc(OC)c(OC)c1. The van der Waals surface area contributed by atoms with Crippen molar-refractivity contribution >= 4 is 46.0 Å². The Morgan fingerprint density at radius 2 is 1.76 bits per heavy atom. The first kappa shape index (κ1) is 28.9. The molecule has 0 saturated carbocycles. The van der Waals surface area contributed by atoms with E-state index >= 15 is 0 Å². The van der Waals surface area contributed by atoms with Crippen LogP contribution in [0.3, 0.4) is 0 Å². The van der Waals surface area contributed by atoms with Gasteiger partial charge in [-0.3, -0.25) is 9.36 Å². The summed E-state index contributed by atoms with van der Waals surface area (Å²) >= 11 is 3.59. The van der Waals surface area contributed by atoms with Gasteiger partial charge in [0.2, 0.25) is 0 Å². The number of ether oxygens (including phenoxy) is 3. The van der Waals surface area contributed by atoms with E-state index in [0.717, 1.165) is 26.2 Å². The van der Waals surface area contributed by atoms with Gasteiger partial charge < -0.3 is 18.8 Å². The molecule has 1 aliphatic rings. The number of methoxy groups -OCH3 is 2. The second-order valence-corrected chi connectivity index (χ2v) is 11.8. The van der Waals surface area contributed by atoms with E-state index in [-0.39, 0.29) is 12.2 Å². The fraction of sp³-hybridized carbons (Fsp3) is 0.258. The summed E-state index contributed by atoms with van der Waals surface area (Å²) in [6, 6.07) is 15.0. The van der Waals surface area contributed by atoms with Crippen molar-refractivity contribution in [1.29, 1.82) is 0 Å². The van der Waals surface area contributed by atoms with E-state index in [2.05, 4.69) is 69.4 Å². The molecule has 8 nitrogen and oxygen atoms in total. The molecule has 41 heavy (non-hydrogen) atoms. The van der Waals surface area contributed by atoms with E-state index in [4.69, 9.17) is 14.2 Å². The van der Waals surface area contributed by atoms with Crippen LogP contribution in [0.4, 0.5) is 0 Å². The smallest absolute Gasteiger partial charge is 0.338 e. The van der Waals surface area contributed by atoms with E-state index in [9.17, 15) is 9.59 Å². The lowest BCUT2D eigenvalue weighted by molar-refractivity contribution is -0.139. The molecule has 1 unspecified atom stereocenters. The standard InChI is InChI=1S/C31H30IN3O5S/c1-7-40-30(37)27-18(3)33-31-35(28(27)20-8-13-24(38-5)25(15-20)39-6)29(36)26(41-31)16-21-14-17(2)34(19(21)4)23-11-9-22(32)10-12-23/h8-16,28H,7H2,1-6H3. The molecule has 212 valence electrons. The third-order valence-corrected chi connectivity index (χ3v) is 8.78. The number of fused-ring (bicyclic) bond motifs is 1. The van der Waals surface area contributed by atoms with Crippen molar-refractivity contribution in [1.82, 2.24) is 9.13 Å². The molecule has 2 aromatic carbocycles. The van der Waals surface area contributed by atoms with Gasteiger partial charge in [0.1, 0.15) is 0 Å². The van der Waals surface area contributed by atoms with Crippen molar-refractivity contribution in [3.05, 3.63) is 106 Å². The highest BCUT2D eigenvalue weighted by molar-refractivity contribution is 14.1. The first-order valence-corrected chi connectivity index (χ1v) is 14.9. The maximum atomic E-state index is 14.1. The molecule has 0 N–H and O–H groups in total. The van der Waals surface area contributed by atoms with E-state index in [1.165, 1.54) is 11.3 Å². The summed E-state index contributed by atoms with van der Waals surface area (Å²) in [5.41, 5.74) is 5.36. The molecule has 0 amide bonds. The quantitative estimate of drug-likeness (QED) is 0.206. The highest BCUT2D eigenvalue weighted by atomic mass is 127. The van der Waals surface area contributed by atoms with Gasteiger partial charge in [0.25, 0.3) is 5.56 Å². The lowest BCUT2D eigenvalue weighted by atomic mass is 9.95. The van der Waals surface area contributed by atoms with Gasteiger partial charge in [-0.15, -0.1) is 0 Å². The molecule has 5 rings (SSSR count). The van der Waals surface area contributed by atoms with Crippen LogP contribution in [0.1, 0.15) is 42.4 Å². The van der Waals surface area contributed by atoms with Crippen LogP contribution in [0.5, 0.6) is 11.5 Å². The van der Waals surface area contributed by atoms with E-state index in [1.807, 2.05) is 19.1 Å². The Kier molecular flexibility index (Phi) is 8.23. The highest BCUT2D eigenvalue weighted by Gasteiger charge is 2.34. The Bertz CT molecular complexity index is 1860. The molecule has 0 spiro atoms. The number of carbonyl (C=O) groups excluding carboxylic acids is 1. The maximum Gasteiger partial charge on any atom is 0.338 e. The largest absolute Gasteiger partial charge is 0.493 e. The highest BCUT2D eigenvalue weighted by Crippen LogP contribution is 2.36. The van der Waals surface area contributed by atoms with Gasteiger partial charge in [0.15, 0.2) is 16.3 Å². The molecule has 1 atom stereocenters. The van der Waals surface area contributed by atoms with Gasteiger partial charge in [-0.2, -0.15) is 0 Å². The number of aryl methyl sites for hydroxylation is 1. The number of nitrogens with zero attached hydrogens (tertiary/aromatic N) is 3. The molecule has 10 heteroatoms. The number of hydrogen-bond donors (Lipinski definition) is 0. The van der Waals surface area contributed by atoms with Crippen LogP contribution in [0, 0.1) is 17.4 Å². The minimum Gasteiger partial charge on any atom is -0.493 e. The fourth-order valence-corrected chi connectivity index (χ4v) is 6.59. The topological polar surface area (TPSA) is 84.1 Å². The number of allylic oxidation sites excluding steroid dienone is 1. The first-order chi connectivity index (χ1) is 19.7. The zero-order chi connectivity index (χ0) is 29.4. The zero-order valence-electron chi connectivity index (χ0n) is 23.6. The first-order valence-electron chi connectivity index (χ1n) is 13.0. The number of halogens is 1. The van der Waals surface area contributed by atoms with Crippen molar-refractivity contribution in [3.63, 3.8) is 0 Å². The number of hydrogen-bond acceptors (Lipinski definition) is 7. The fourth-order valence-electron chi connectivity index (χ4n) is 5.19. The molecule has 3 heterocycles. The Balaban J connectivity index is 1.70. The molecule has 4 aromatic rings. The van der Waals surface area contributed by atoms with Crippen LogP contribution in [-0.4, -0.2) is 35.9 Å². The Hall–Kier alpha value is -3.64. The van der Waals surface area contributed by atoms with E-state index < -0.39 is 12.0 Å². The van der Waals surface area contributed by atoms with Crippen LogP contribution >= 0.6 is 33.9 Å². The van der Waals surface area contributed by atoms with E-state index in [1.54, 1.807) is 44.8 Å². The van der Waals surface area contributed by atoms with Gasteiger partial charge in [-0.1, -0.05) is 17.4 Å². The monoisotopic (exact) mass is 683 g/mol. The van der Waals surface area contributed by atoms with Gasteiger partial charge in [-0.05, 0) is 110 Å². The number of rotatable bonds is 7. The van der Waals surface area contributed by atoms with Crippen molar-refractivity contribution in [2.24, 2.45) is 4.99 Å². The van der Waals surface area contributed by atoms with Gasteiger partial charge in [0.05, 0.1) is 42.7 Å². The number of aromatic nitrogens is 2. The summed E-state index contributed by atoms with van der Waals surface area (Å²) in [5, 5.41) is 0. The Morgan fingerprint density at radius 1 is 1.05 bits per heavy atom. The minimum atomic E-state index is -0.744. The molecule has 2 aromatic heterocycles. The van der Waals surface area contributed by atoms with Crippen molar-refractivity contribution in [3.8, 4) is 17.2 Å². The molecule has 0 radical (unpaired) electrons. The second kappa shape index (κ2) is 11.7. The van der Waals surface area contributed by atoms with Crippen molar-refractivity contribution in [2.75, 3.05) is 20.8 Å². The zero-order valence-corrected chi connectivity index (χ0v) is 26.6. The summed E-state index contributed by atoms with van der Waals surface area (Å²) in [4.78, 5) is 32.5. The molecular weight excluding hydrogens is 653 g/mol. The third kappa shape index (κ3) is 5.26. The van der Waals surface area contributed by atoms with Crippen LogP contribution in [0.25, 0.3) is 11.8 Å². The van der Waals surface area contributed by atoms with Gasteiger partial charge in [0, 0.05) is 20.6 Å². The summed E-state index contributed by atoms with van der Waals surface area (Å²) < 4.78 is 21.8. The van der Waals surface area contributed by atoms with Crippen LogP contribution in [0.2, 0.25) is 0 Å². The minimum absolute atomic E-state index is 0.203. The lowest BCUT2D eigenvalue weighted by Crippen LogP contribution is -2.40. The van der Waals surface area contributed by atoms with Crippen LogP contribution < -0.4 is 24.4 Å². The Labute approximate surface area is 255 Å². The molecule has 0 aliphatic carbocycles. The average Bonchev–Trinajstić information content (AvgIpc) is 3.41. The third-order valence-electron chi connectivity index (χ3n) is 7.08. The average molecular weight is 684 g/mol. The predicted octanol–water partition coefficient (Wildman–Crippen LogP) is 4.83. The predicted molar refractivity (Wildman–Crippen MR) is 168 cm³/mol. The maximum absolute atomic E-state index is 14.1. The molecule has 1 aliphatic heterocycles. The van der Waals surface area contributed by atoms with Crippen LogP contribution in [-0.2, 0) is 9.53 Å². The summed E-state index contributed by atoms with van der Waals surface area (Å²) in [6.07, 6.45) is 1.91. The number of benzene rings is 2. The number of esters is 1. The van der Waals surface area contributed by atoms with E-state index in [0.29, 0.717) is 37.7 Å². The van der Waals surface area contributed by atoms with Crippen molar-refractivity contribution in [2.45, 2.75) is 33.7 Å². The molecule has 0 saturated heterocycles. The summed E-state index contributed by atoms with van der Waals surface area (Å²) in [5.74, 6) is 0.530. The molecule has 0 fully saturated rings. The number of carbonyl (C=O) groups is 1. The van der Waals surface area contributed by atoms with Crippen molar-refractivity contribution < 1.29 is 19.0 Å². The Morgan fingerprint density at radius 3 is 2.41 bits per heavy atom.